The van der Waals surface area contributed by atoms with Crippen LogP contribution < -0.4 is 0 Å². The molecule has 0 aromatic carbocycles. The van der Waals surface area contributed by atoms with Gasteiger partial charge < -0.3 is 0 Å². The average Bonchev–Trinajstić information content (AvgIpc) is 2.37. The van der Waals surface area contributed by atoms with E-state index >= 15 is 0 Å². The molecule has 0 unspecified atom stereocenters. The van der Waals surface area contributed by atoms with Crippen LogP contribution in [-0.2, 0) is 0 Å². The zero-order valence-electron chi connectivity index (χ0n) is 13.0. The monoisotopic (exact) mass is 240 g/mol. The molecule has 1 aliphatic rings. The molecule has 1 saturated heterocycles. The van der Waals surface area contributed by atoms with Crippen LogP contribution in [-0.4, -0.2) is 47.6 Å². The first-order valence-electron chi connectivity index (χ1n) is 7.23. The summed E-state index contributed by atoms with van der Waals surface area (Å²) in [6.07, 6.45) is 1.31. The number of hydrogen-bond acceptors (Lipinski definition) is 2. The van der Waals surface area contributed by atoms with Crippen LogP contribution in [0.2, 0.25) is 0 Å². The second-order valence-corrected chi connectivity index (χ2v) is 7.16. The van der Waals surface area contributed by atoms with E-state index in [9.17, 15) is 0 Å². The maximum absolute atomic E-state index is 2.71. The highest BCUT2D eigenvalue weighted by Gasteiger charge is 2.35. The van der Waals surface area contributed by atoms with E-state index in [0.717, 1.165) is 0 Å². The van der Waals surface area contributed by atoms with Gasteiger partial charge in [0.1, 0.15) is 0 Å². The van der Waals surface area contributed by atoms with Gasteiger partial charge in [0.25, 0.3) is 0 Å². The third kappa shape index (κ3) is 3.96. The van der Waals surface area contributed by atoms with Gasteiger partial charge in [0.15, 0.2) is 0 Å². The zero-order chi connectivity index (χ0) is 13.2. The summed E-state index contributed by atoms with van der Waals surface area (Å²) in [4.78, 5) is 5.36. The Balaban J connectivity index is 2.87. The molecular weight excluding hydrogens is 208 g/mol. The van der Waals surface area contributed by atoms with Crippen molar-refractivity contribution in [3.05, 3.63) is 0 Å². The van der Waals surface area contributed by atoms with Gasteiger partial charge in [0.2, 0.25) is 0 Å². The van der Waals surface area contributed by atoms with Crippen molar-refractivity contribution >= 4 is 0 Å². The van der Waals surface area contributed by atoms with Crippen molar-refractivity contribution in [3.8, 4) is 0 Å². The summed E-state index contributed by atoms with van der Waals surface area (Å²) in [7, 11) is 0. The van der Waals surface area contributed by atoms with Gasteiger partial charge in [-0.25, -0.2) is 0 Å². The Hall–Kier alpha value is -0.0800. The zero-order valence-corrected chi connectivity index (χ0v) is 13.0. The van der Waals surface area contributed by atoms with Gasteiger partial charge in [0.05, 0.1) is 0 Å². The van der Waals surface area contributed by atoms with E-state index < -0.39 is 0 Å². The first kappa shape index (κ1) is 15.0. The van der Waals surface area contributed by atoms with Gasteiger partial charge in [-0.3, -0.25) is 9.80 Å². The molecule has 0 bridgehead atoms. The standard InChI is InChI=1S/C15H32N2/c1-12(2)16-9-8-10-17(13(3)4)14(11-16)15(5,6)7/h12-14H,8-11H2,1-7H3/t14-/m1/s1. The van der Waals surface area contributed by atoms with Crippen LogP contribution in [0.1, 0.15) is 54.9 Å². The molecule has 0 spiro atoms. The normalized spacial score (nSPS) is 25.6. The first-order valence-corrected chi connectivity index (χ1v) is 7.23. The van der Waals surface area contributed by atoms with Crippen LogP contribution >= 0.6 is 0 Å². The van der Waals surface area contributed by atoms with Gasteiger partial charge in [-0.05, 0) is 52.6 Å². The maximum atomic E-state index is 2.71. The lowest BCUT2D eigenvalue weighted by atomic mass is 9.84. The van der Waals surface area contributed by atoms with Crippen molar-refractivity contribution in [1.29, 1.82) is 0 Å². The van der Waals surface area contributed by atoms with Crippen LogP contribution in [0.4, 0.5) is 0 Å². The fourth-order valence-corrected chi connectivity index (χ4v) is 2.89. The Kier molecular flexibility index (Phi) is 5.03. The molecule has 0 aromatic heterocycles. The quantitative estimate of drug-likeness (QED) is 0.731. The van der Waals surface area contributed by atoms with Crippen molar-refractivity contribution < 1.29 is 0 Å². The van der Waals surface area contributed by atoms with Crippen molar-refractivity contribution in [1.82, 2.24) is 9.80 Å². The summed E-state index contributed by atoms with van der Waals surface area (Å²) >= 11 is 0. The first-order chi connectivity index (χ1) is 7.73. The molecule has 0 aromatic rings. The van der Waals surface area contributed by atoms with E-state index in [2.05, 4.69) is 58.3 Å². The topological polar surface area (TPSA) is 6.48 Å². The van der Waals surface area contributed by atoms with Crippen LogP contribution in [0.15, 0.2) is 0 Å². The maximum Gasteiger partial charge on any atom is 0.0274 e. The lowest BCUT2D eigenvalue weighted by Gasteiger charge is -2.43. The van der Waals surface area contributed by atoms with E-state index in [4.69, 9.17) is 0 Å². The third-order valence-corrected chi connectivity index (χ3v) is 4.06. The Labute approximate surface area is 108 Å². The molecule has 2 heteroatoms. The van der Waals surface area contributed by atoms with Crippen LogP contribution in [0, 0.1) is 5.41 Å². The number of rotatable bonds is 2. The summed E-state index contributed by atoms with van der Waals surface area (Å²) in [5, 5.41) is 0. The van der Waals surface area contributed by atoms with Gasteiger partial charge in [-0.2, -0.15) is 0 Å². The highest BCUT2D eigenvalue weighted by atomic mass is 15.3. The van der Waals surface area contributed by atoms with Gasteiger partial charge in [-0.15, -0.1) is 0 Å². The second-order valence-electron chi connectivity index (χ2n) is 7.16. The lowest BCUT2D eigenvalue weighted by molar-refractivity contribution is 0.0573. The molecule has 102 valence electrons. The smallest absolute Gasteiger partial charge is 0.0274 e. The van der Waals surface area contributed by atoms with E-state index in [0.29, 0.717) is 23.5 Å². The highest BCUT2D eigenvalue weighted by Crippen LogP contribution is 2.29. The summed E-state index contributed by atoms with van der Waals surface area (Å²) in [6.45, 7) is 20.2. The molecule has 1 rings (SSSR count). The fourth-order valence-electron chi connectivity index (χ4n) is 2.89. The van der Waals surface area contributed by atoms with E-state index in [1.807, 2.05) is 0 Å². The van der Waals surface area contributed by atoms with Gasteiger partial charge in [0, 0.05) is 24.7 Å². The molecule has 0 radical (unpaired) electrons. The van der Waals surface area contributed by atoms with E-state index in [-0.39, 0.29) is 0 Å². The second kappa shape index (κ2) is 5.71. The fraction of sp³-hybridized carbons (Fsp3) is 1.00. The van der Waals surface area contributed by atoms with Crippen LogP contribution in [0.5, 0.6) is 0 Å². The highest BCUT2D eigenvalue weighted by molar-refractivity contribution is 4.90. The molecule has 1 fully saturated rings. The SMILES string of the molecule is CC(C)N1CCCN(C(C)C)[C@@H](C(C)(C)C)C1. The lowest BCUT2D eigenvalue weighted by Crippen LogP contribution is -2.52. The minimum atomic E-state index is 0.363. The third-order valence-electron chi connectivity index (χ3n) is 4.06. The predicted molar refractivity (Wildman–Crippen MR) is 76.4 cm³/mol. The molecular formula is C15H32N2. The molecule has 2 nitrogen and oxygen atoms in total. The summed E-state index contributed by atoms with van der Waals surface area (Å²) < 4.78 is 0. The van der Waals surface area contributed by atoms with E-state index in [1.165, 1.54) is 26.1 Å². The van der Waals surface area contributed by atoms with Gasteiger partial charge in [-0.1, -0.05) is 20.8 Å². The Morgan fingerprint density at radius 3 is 1.94 bits per heavy atom. The Morgan fingerprint density at radius 1 is 0.941 bits per heavy atom. The molecule has 0 amide bonds. The summed E-state index contributed by atoms with van der Waals surface area (Å²) in [5.41, 5.74) is 0.363. The number of hydrogen-bond donors (Lipinski definition) is 0. The molecule has 1 aliphatic heterocycles. The summed E-state index contributed by atoms with van der Waals surface area (Å²) in [5.74, 6) is 0. The molecule has 0 aliphatic carbocycles. The Bertz CT molecular complexity index is 228. The molecule has 1 atom stereocenters. The van der Waals surface area contributed by atoms with Crippen LogP contribution in [0.3, 0.4) is 0 Å². The minimum Gasteiger partial charge on any atom is -0.299 e. The molecule has 17 heavy (non-hydrogen) atoms. The van der Waals surface area contributed by atoms with Gasteiger partial charge >= 0.3 is 0 Å². The van der Waals surface area contributed by atoms with Crippen LogP contribution in [0.25, 0.3) is 0 Å². The average molecular weight is 240 g/mol. The minimum absolute atomic E-state index is 0.363. The largest absolute Gasteiger partial charge is 0.299 e. The number of nitrogens with zero attached hydrogens (tertiary/aromatic N) is 2. The molecule has 0 N–H and O–H groups in total. The van der Waals surface area contributed by atoms with Crippen molar-refractivity contribution in [2.75, 3.05) is 19.6 Å². The van der Waals surface area contributed by atoms with Crippen molar-refractivity contribution in [2.24, 2.45) is 5.41 Å². The van der Waals surface area contributed by atoms with E-state index in [1.54, 1.807) is 0 Å². The Morgan fingerprint density at radius 2 is 1.53 bits per heavy atom. The van der Waals surface area contributed by atoms with Crippen molar-refractivity contribution in [3.63, 3.8) is 0 Å². The van der Waals surface area contributed by atoms with Crippen molar-refractivity contribution in [2.45, 2.75) is 73.0 Å². The molecule has 0 saturated carbocycles. The predicted octanol–water partition coefficient (Wildman–Crippen LogP) is 3.23. The summed E-state index contributed by atoms with van der Waals surface area (Å²) in [6, 6.07) is 2.01. The molecule has 1 heterocycles.